The van der Waals surface area contributed by atoms with Gasteiger partial charge in [-0.05, 0) is 31.6 Å². The highest BCUT2D eigenvalue weighted by molar-refractivity contribution is 7.99. The molecule has 1 unspecified atom stereocenters. The second-order valence-electron chi connectivity index (χ2n) is 4.13. The van der Waals surface area contributed by atoms with E-state index in [1.165, 1.54) is 17.7 Å². The first-order chi connectivity index (χ1) is 6.56. The summed E-state index contributed by atoms with van der Waals surface area (Å²) in [5, 5.41) is 4.27. The minimum absolute atomic E-state index is 0.657. The standard InChI is InChI=1S/C12H25NS/c1-6-13-12(8-7-10(2)3)9-14-11(4)5/h11-13H,2,6-9H2,1,3-5H3. The minimum atomic E-state index is 0.657. The normalized spacial score (nSPS) is 13.2. The molecule has 0 aromatic carbocycles. The van der Waals surface area contributed by atoms with Crippen LogP contribution in [0.2, 0.25) is 0 Å². The smallest absolute Gasteiger partial charge is 0.0161 e. The van der Waals surface area contributed by atoms with E-state index in [0.717, 1.165) is 18.2 Å². The number of allylic oxidation sites excluding steroid dienone is 1. The van der Waals surface area contributed by atoms with Gasteiger partial charge in [0.05, 0.1) is 0 Å². The van der Waals surface area contributed by atoms with Crippen LogP contribution in [0.15, 0.2) is 12.2 Å². The predicted octanol–water partition coefficient (Wildman–Crippen LogP) is 3.46. The molecule has 0 fully saturated rings. The highest BCUT2D eigenvalue weighted by atomic mass is 32.2. The van der Waals surface area contributed by atoms with Gasteiger partial charge in [0, 0.05) is 11.8 Å². The molecule has 14 heavy (non-hydrogen) atoms. The van der Waals surface area contributed by atoms with Gasteiger partial charge in [-0.2, -0.15) is 11.8 Å². The van der Waals surface area contributed by atoms with Gasteiger partial charge in [-0.25, -0.2) is 0 Å². The summed E-state index contributed by atoms with van der Waals surface area (Å²) in [6, 6.07) is 0.657. The Balaban J connectivity index is 3.70. The third-order valence-corrected chi connectivity index (χ3v) is 3.30. The van der Waals surface area contributed by atoms with Crippen molar-refractivity contribution in [3.8, 4) is 0 Å². The van der Waals surface area contributed by atoms with E-state index in [1.54, 1.807) is 0 Å². The lowest BCUT2D eigenvalue weighted by Gasteiger charge is -2.18. The van der Waals surface area contributed by atoms with E-state index in [0.29, 0.717) is 6.04 Å². The van der Waals surface area contributed by atoms with Crippen LogP contribution in [0, 0.1) is 0 Å². The van der Waals surface area contributed by atoms with Crippen molar-refractivity contribution in [1.82, 2.24) is 5.32 Å². The molecule has 2 heteroatoms. The Labute approximate surface area is 93.7 Å². The fourth-order valence-corrected chi connectivity index (χ4v) is 2.16. The number of hydrogen-bond acceptors (Lipinski definition) is 2. The van der Waals surface area contributed by atoms with E-state index in [1.807, 2.05) is 11.8 Å². The van der Waals surface area contributed by atoms with E-state index < -0.39 is 0 Å². The summed E-state index contributed by atoms with van der Waals surface area (Å²) in [6.45, 7) is 13.8. The van der Waals surface area contributed by atoms with Gasteiger partial charge in [-0.1, -0.05) is 26.3 Å². The van der Waals surface area contributed by atoms with E-state index in [2.05, 4.69) is 39.6 Å². The number of nitrogens with one attached hydrogen (secondary N) is 1. The molecule has 0 aliphatic carbocycles. The molecule has 0 aromatic rings. The summed E-state index contributed by atoms with van der Waals surface area (Å²) in [5.41, 5.74) is 1.29. The van der Waals surface area contributed by atoms with Gasteiger partial charge in [0.1, 0.15) is 0 Å². The first kappa shape index (κ1) is 14.1. The monoisotopic (exact) mass is 215 g/mol. The molecule has 0 bridgehead atoms. The molecule has 0 aliphatic rings. The van der Waals surface area contributed by atoms with Crippen LogP contribution in [0.1, 0.15) is 40.5 Å². The van der Waals surface area contributed by atoms with Gasteiger partial charge in [0.25, 0.3) is 0 Å². The molecule has 0 aromatic heterocycles. The summed E-state index contributed by atoms with van der Waals surface area (Å²) in [5.74, 6) is 1.22. The van der Waals surface area contributed by atoms with Crippen molar-refractivity contribution in [2.45, 2.75) is 51.8 Å². The van der Waals surface area contributed by atoms with Gasteiger partial charge < -0.3 is 5.32 Å². The molecular formula is C12H25NS. The first-order valence-corrected chi connectivity index (χ1v) is 6.60. The largest absolute Gasteiger partial charge is 0.313 e. The van der Waals surface area contributed by atoms with Crippen molar-refractivity contribution >= 4 is 11.8 Å². The number of rotatable bonds is 8. The Morgan fingerprint density at radius 2 is 2.07 bits per heavy atom. The van der Waals surface area contributed by atoms with Crippen LogP contribution < -0.4 is 5.32 Å². The van der Waals surface area contributed by atoms with Crippen molar-refractivity contribution in [1.29, 1.82) is 0 Å². The molecule has 0 spiro atoms. The average Bonchev–Trinajstić information content (AvgIpc) is 2.09. The third-order valence-electron chi connectivity index (χ3n) is 2.04. The maximum Gasteiger partial charge on any atom is 0.0161 e. The molecule has 1 nitrogen and oxygen atoms in total. The van der Waals surface area contributed by atoms with Gasteiger partial charge in [0.2, 0.25) is 0 Å². The van der Waals surface area contributed by atoms with Crippen molar-refractivity contribution in [3.63, 3.8) is 0 Å². The lowest BCUT2D eigenvalue weighted by atomic mass is 10.1. The molecule has 0 rings (SSSR count). The zero-order chi connectivity index (χ0) is 11.0. The number of thioether (sulfide) groups is 1. The molecular weight excluding hydrogens is 190 g/mol. The molecule has 1 N–H and O–H groups in total. The summed E-state index contributed by atoms with van der Waals surface area (Å²) in [4.78, 5) is 0. The zero-order valence-corrected chi connectivity index (χ0v) is 10.9. The molecule has 0 heterocycles. The van der Waals surface area contributed by atoms with Crippen molar-refractivity contribution in [2.75, 3.05) is 12.3 Å². The summed E-state index contributed by atoms with van der Waals surface area (Å²) in [7, 11) is 0. The Hall–Kier alpha value is 0.0500. The lowest BCUT2D eigenvalue weighted by Crippen LogP contribution is -2.31. The van der Waals surface area contributed by atoms with Crippen LogP contribution in [0.4, 0.5) is 0 Å². The van der Waals surface area contributed by atoms with Crippen molar-refractivity contribution < 1.29 is 0 Å². The fraction of sp³-hybridized carbons (Fsp3) is 0.833. The summed E-state index contributed by atoms with van der Waals surface area (Å²) >= 11 is 2.04. The zero-order valence-electron chi connectivity index (χ0n) is 10.1. The van der Waals surface area contributed by atoms with Crippen LogP contribution in [0.25, 0.3) is 0 Å². The van der Waals surface area contributed by atoms with E-state index in [-0.39, 0.29) is 0 Å². The maximum absolute atomic E-state index is 3.95. The fourth-order valence-electron chi connectivity index (χ4n) is 1.26. The Kier molecular flexibility index (Phi) is 8.40. The molecule has 0 saturated heterocycles. The van der Waals surface area contributed by atoms with E-state index in [4.69, 9.17) is 0 Å². The minimum Gasteiger partial charge on any atom is -0.313 e. The van der Waals surface area contributed by atoms with Crippen LogP contribution in [-0.2, 0) is 0 Å². The van der Waals surface area contributed by atoms with Gasteiger partial charge in [0.15, 0.2) is 0 Å². The molecule has 1 atom stereocenters. The topological polar surface area (TPSA) is 12.0 Å². The highest BCUT2D eigenvalue weighted by Gasteiger charge is 2.08. The molecule has 84 valence electrons. The second kappa shape index (κ2) is 8.37. The van der Waals surface area contributed by atoms with E-state index >= 15 is 0 Å². The predicted molar refractivity (Wildman–Crippen MR) is 69.1 cm³/mol. The summed E-state index contributed by atoms with van der Waals surface area (Å²) in [6.07, 6.45) is 2.37. The van der Waals surface area contributed by atoms with Gasteiger partial charge in [-0.3, -0.25) is 0 Å². The Bertz CT molecular complexity index is 154. The molecule has 0 amide bonds. The van der Waals surface area contributed by atoms with Crippen LogP contribution in [0.3, 0.4) is 0 Å². The SMILES string of the molecule is C=C(C)CCC(CSC(C)C)NCC. The molecule has 0 saturated carbocycles. The van der Waals surface area contributed by atoms with Crippen molar-refractivity contribution in [2.24, 2.45) is 0 Å². The molecule has 0 aliphatic heterocycles. The Morgan fingerprint density at radius 1 is 1.43 bits per heavy atom. The Morgan fingerprint density at radius 3 is 2.50 bits per heavy atom. The maximum atomic E-state index is 3.95. The van der Waals surface area contributed by atoms with Crippen LogP contribution in [-0.4, -0.2) is 23.6 Å². The third kappa shape index (κ3) is 8.64. The molecule has 0 radical (unpaired) electrons. The van der Waals surface area contributed by atoms with Gasteiger partial charge in [-0.15, -0.1) is 6.58 Å². The second-order valence-corrected chi connectivity index (χ2v) is 5.74. The highest BCUT2D eigenvalue weighted by Crippen LogP contribution is 2.14. The van der Waals surface area contributed by atoms with Crippen LogP contribution >= 0.6 is 11.8 Å². The van der Waals surface area contributed by atoms with Crippen LogP contribution in [0.5, 0.6) is 0 Å². The van der Waals surface area contributed by atoms with Crippen molar-refractivity contribution in [3.05, 3.63) is 12.2 Å². The van der Waals surface area contributed by atoms with E-state index in [9.17, 15) is 0 Å². The summed E-state index contributed by atoms with van der Waals surface area (Å²) < 4.78 is 0. The van der Waals surface area contributed by atoms with Gasteiger partial charge >= 0.3 is 0 Å². The average molecular weight is 215 g/mol. The first-order valence-electron chi connectivity index (χ1n) is 5.55. The lowest BCUT2D eigenvalue weighted by molar-refractivity contribution is 0.536. The quantitative estimate of drug-likeness (QED) is 0.622. The number of hydrogen-bond donors (Lipinski definition) is 1.